The number of anilines is 1. The Morgan fingerprint density at radius 3 is 2.65 bits per heavy atom. The largest absolute Gasteiger partial charge is 0.385 e. The van der Waals surface area contributed by atoms with Crippen LogP contribution in [0.25, 0.3) is 0 Å². The van der Waals surface area contributed by atoms with E-state index < -0.39 is 0 Å². The SMILES string of the molecule is COCCCNC(=O)CNc1ccccc1CCOC. The average molecular weight is 280 g/mol. The highest BCUT2D eigenvalue weighted by molar-refractivity contribution is 5.80. The topological polar surface area (TPSA) is 59.6 Å². The zero-order valence-electron chi connectivity index (χ0n) is 12.3. The predicted molar refractivity (Wildman–Crippen MR) is 80.0 cm³/mol. The molecule has 0 aliphatic rings. The Morgan fingerprint density at radius 2 is 1.90 bits per heavy atom. The van der Waals surface area contributed by atoms with Gasteiger partial charge >= 0.3 is 0 Å². The molecule has 0 fully saturated rings. The smallest absolute Gasteiger partial charge is 0.239 e. The van der Waals surface area contributed by atoms with Gasteiger partial charge in [0.1, 0.15) is 0 Å². The van der Waals surface area contributed by atoms with Crippen molar-refractivity contribution >= 4 is 11.6 Å². The molecule has 1 aromatic carbocycles. The second kappa shape index (κ2) is 10.2. The summed E-state index contributed by atoms with van der Waals surface area (Å²) in [6.45, 7) is 2.24. The molecule has 0 radical (unpaired) electrons. The Balaban J connectivity index is 2.35. The second-order valence-electron chi connectivity index (χ2n) is 4.45. The van der Waals surface area contributed by atoms with Crippen LogP contribution in [-0.4, -0.2) is 46.4 Å². The summed E-state index contributed by atoms with van der Waals surface area (Å²) in [5, 5.41) is 6.01. The van der Waals surface area contributed by atoms with Gasteiger partial charge in [-0.1, -0.05) is 18.2 Å². The van der Waals surface area contributed by atoms with Crippen LogP contribution in [0.3, 0.4) is 0 Å². The normalized spacial score (nSPS) is 10.3. The minimum Gasteiger partial charge on any atom is -0.385 e. The van der Waals surface area contributed by atoms with Gasteiger partial charge in [-0.25, -0.2) is 0 Å². The van der Waals surface area contributed by atoms with Crippen molar-refractivity contribution in [2.45, 2.75) is 12.8 Å². The monoisotopic (exact) mass is 280 g/mol. The molecule has 0 aromatic heterocycles. The van der Waals surface area contributed by atoms with Crippen molar-refractivity contribution in [1.82, 2.24) is 5.32 Å². The number of hydrogen-bond donors (Lipinski definition) is 2. The van der Waals surface area contributed by atoms with Crippen molar-refractivity contribution in [3.05, 3.63) is 29.8 Å². The van der Waals surface area contributed by atoms with Gasteiger partial charge < -0.3 is 20.1 Å². The Labute approximate surface area is 120 Å². The summed E-state index contributed by atoms with van der Waals surface area (Å²) in [5.41, 5.74) is 2.14. The third kappa shape index (κ3) is 6.54. The van der Waals surface area contributed by atoms with Gasteiger partial charge in [-0.2, -0.15) is 0 Å². The number of rotatable bonds is 10. The third-order valence-corrected chi connectivity index (χ3v) is 2.88. The quantitative estimate of drug-likeness (QED) is 0.637. The minimum atomic E-state index is -0.0114. The molecule has 1 amide bonds. The molecule has 0 aliphatic carbocycles. The maximum Gasteiger partial charge on any atom is 0.239 e. The zero-order valence-corrected chi connectivity index (χ0v) is 12.3. The average Bonchev–Trinajstić information content (AvgIpc) is 2.48. The summed E-state index contributed by atoms with van der Waals surface area (Å²) < 4.78 is 10.0. The summed E-state index contributed by atoms with van der Waals surface area (Å²) in [6, 6.07) is 7.96. The Kier molecular flexibility index (Phi) is 8.42. The fourth-order valence-electron chi connectivity index (χ4n) is 1.81. The lowest BCUT2D eigenvalue weighted by atomic mass is 10.1. The molecule has 0 aliphatic heterocycles. The number of hydrogen-bond acceptors (Lipinski definition) is 4. The van der Waals surface area contributed by atoms with E-state index in [9.17, 15) is 4.79 Å². The van der Waals surface area contributed by atoms with Crippen LogP contribution in [-0.2, 0) is 20.7 Å². The van der Waals surface area contributed by atoms with Gasteiger partial charge in [-0.3, -0.25) is 4.79 Å². The summed E-state index contributed by atoms with van der Waals surface area (Å²) >= 11 is 0. The van der Waals surface area contributed by atoms with E-state index in [1.165, 1.54) is 0 Å². The first-order valence-electron chi connectivity index (χ1n) is 6.84. The van der Waals surface area contributed by atoms with Crippen molar-refractivity contribution < 1.29 is 14.3 Å². The molecule has 0 saturated heterocycles. The van der Waals surface area contributed by atoms with Gasteiger partial charge in [-0.15, -0.1) is 0 Å². The van der Waals surface area contributed by atoms with Crippen LogP contribution in [0, 0.1) is 0 Å². The standard InChI is InChI=1S/C15H24N2O3/c1-19-10-5-9-16-15(18)12-17-14-7-4-3-6-13(14)8-11-20-2/h3-4,6-7,17H,5,8-12H2,1-2H3,(H,16,18). The number of methoxy groups -OCH3 is 2. The van der Waals surface area contributed by atoms with E-state index >= 15 is 0 Å². The highest BCUT2D eigenvalue weighted by atomic mass is 16.5. The molecule has 5 heteroatoms. The Morgan fingerprint density at radius 1 is 1.15 bits per heavy atom. The molecule has 0 heterocycles. The summed E-state index contributed by atoms with van der Waals surface area (Å²) in [5.74, 6) is -0.0114. The summed E-state index contributed by atoms with van der Waals surface area (Å²) in [6.07, 6.45) is 1.65. The lowest BCUT2D eigenvalue weighted by Gasteiger charge is -2.12. The van der Waals surface area contributed by atoms with Crippen LogP contribution in [0.5, 0.6) is 0 Å². The molecular weight excluding hydrogens is 256 g/mol. The van der Waals surface area contributed by atoms with Crippen LogP contribution >= 0.6 is 0 Å². The number of amides is 1. The molecule has 0 bridgehead atoms. The van der Waals surface area contributed by atoms with E-state index in [1.807, 2.05) is 24.3 Å². The molecule has 1 rings (SSSR count). The second-order valence-corrected chi connectivity index (χ2v) is 4.45. The van der Waals surface area contributed by atoms with E-state index in [1.54, 1.807) is 14.2 Å². The molecule has 20 heavy (non-hydrogen) atoms. The maximum absolute atomic E-state index is 11.7. The number of ether oxygens (including phenoxy) is 2. The van der Waals surface area contributed by atoms with Gasteiger partial charge in [0, 0.05) is 33.1 Å². The van der Waals surface area contributed by atoms with Crippen LogP contribution < -0.4 is 10.6 Å². The number of carbonyl (C=O) groups is 1. The Bertz CT molecular complexity index is 396. The van der Waals surface area contributed by atoms with Gasteiger partial charge in [-0.05, 0) is 24.5 Å². The molecular formula is C15H24N2O3. The third-order valence-electron chi connectivity index (χ3n) is 2.88. The molecule has 1 aromatic rings. The zero-order chi connectivity index (χ0) is 14.6. The number of benzene rings is 1. The van der Waals surface area contributed by atoms with E-state index in [4.69, 9.17) is 9.47 Å². The molecule has 0 saturated carbocycles. The first-order valence-corrected chi connectivity index (χ1v) is 6.84. The Hall–Kier alpha value is -1.59. The van der Waals surface area contributed by atoms with Crippen molar-refractivity contribution in [1.29, 1.82) is 0 Å². The van der Waals surface area contributed by atoms with E-state index in [0.29, 0.717) is 19.8 Å². The molecule has 112 valence electrons. The fourth-order valence-corrected chi connectivity index (χ4v) is 1.81. The van der Waals surface area contributed by atoms with E-state index in [2.05, 4.69) is 10.6 Å². The van der Waals surface area contributed by atoms with Gasteiger partial charge in [0.05, 0.1) is 13.2 Å². The maximum atomic E-state index is 11.7. The van der Waals surface area contributed by atoms with E-state index in [-0.39, 0.29) is 12.5 Å². The molecule has 0 unspecified atom stereocenters. The van der Waals surface area contributed by atoms with Crippen molar-refractivity contribution in [3.8, 4) is 0 Å². The molecule has 0 spiro atoms. The fraction of sp³-hybridized carbons (Fsp3) is 0.533. The first kappa shape index (κ1) is 16.5. The lowest BCUT2D eigenvalue weighted by Crippen LogP contribution is -2.31. The summed E-state index contributed by atoms with van der Waals surface area (Å²) in [4.78, 5) is 11.7. The van der Waals surface area contributed by atoms with Gasteiger partial charge in [0.25, 0.3) is 0 Å². The number of nitrogens with one attached hydrogen (secondary N) is 2. The predicted octanol–water partition coefficient (Wildman–Crippen LogP) is 1.44. The highest BCUT2D eigenvalue weighted by Crippen LogP contribution is 2.15. The van der Waals surface area contributed by atoms with Crippen LogP contribution in [0.2, 0.25) is 0 Å². The molecule has 2 N–H and O–H groups in total. The van der Waals surface area contributed by atoms with Crippen LogP contribution in [0.15, 0.2) is 24.3 Å². The highest BCUT2D eigenvalue weighted by Gasteiger charge is 2.04. The van der Waals surface area contributed by atoms with Crippen molar-refractivity contribution in [3.63, 3.8) is 0 Å². The molecule has 0 atom stereocenters. The van der Waals surface area contributed by atoms with Crippen molar-refractivity contribution in [2.24, 2.45) is 0 Å². The van der Waals surface area contributed by atoms with E-state index in [0.717, 1.165) is 24.1 Å². The lowest BCUT2D eigenvalue weighted by molar-refractivity contribution is -0.119. The van der Waals surface area contributed by atoms with Gasteiger partial charge in [0.15, 0.2) is 0 Å². The van der Waals surface area contributed by atoms with Crippen LogP contribution in [0.4, 0.5) is 5.69 Å². The summed E-state index contributed by atoms with van der Waals surface area (Å²) in [7, 11) is 3.34. The minimum absolute atomic E-state index is 0.0114. The molecule has 5 nitrogen and oxygen atoms in total. The van der Waals surface area contributed by atoms with Crippen molar-refractivity contribution in [2.75, 3.05) is 45.8 Å². The number of carbonyl (C=O) groups excluding carboxylic acids is 1. The van der Waals surface area contributed by atoms with Crippen LogP contribution in [0.1, 0.15) is 12.0 Å². The first-order chi connectivity index (χ1) is 9.77. The van der Waals surface area contributed by atoms with Gasteiger partial charge in [0.2, 0.25) is 5.91 Å². The number of para-hydroxylation sites is 1.